The lowest BCUT2D eigenvalue weighted by Crippen LogP contribution is -2.43. The Morgan fingerprint density at radius 1 is 1.08 bits per heavy atom. The molecule has 3 heteroatoms. The van der Waals surface area contributed by atoms with Crippen LogP contribution < -0.4 is 0 Å². The molecular weight excluding hydrogens is 314 g/mol. The van der Waals surface area contributed by atoms with E-state index in [9.17, 15) is 4.79 Å². The molecule has 0 radical (unpaired) electrons. The lowest BCUT2D eigenvalue weighted by Gasteiger charge is -2.35. The summed E-state index contributed by atoms with van der Waals surface area (Å²) in [7, 11) is 0. The van der Waals surface area contributed by atoms with E-state index >= 15 is 0 Å². The van der Waals surface area contributed by atoms with Crippen molar-refractivity contribution in [2.24, 2.45) is 0 Å². The molecule has 2 aromatic carbocycles. The highest BCUT2D eigenvalue weighted by Gasteiger charge is 2.25. The largest absolute Gasteiger partial charge is 0.336 e. The first-order chi connectivity index (χ1) is 11.8. The normalized spacial score (nSPS) is 17.7. The van der Waals surface area contributed by atoms with E-state index < -0.39 is 0 Å². The molecule has 0 saturated carbocycles. The van der Waals surface area contributed by atoms with Crippen LogP contribution in [0, 0.1) is 0 Å². The zero-order chi connectivity index (χ0) is 16.8. The summed E-state index contributed by atoms with van der Waals surface area (Å²) in [5.74, 6) is 1.13. The Bertz CT molecular complexity index is 653. The quantitative estimate of drug-likeness (QED) is 0.681. The van der Waals surface area contributed by atoms with E-state index in [4.69, 9.17) is 0 Å². The number of nitrogens with zero attached hydrogens (tertiary/aromatic N) is 1. The van der Waals surface area contributed by atoms with Crippen molar-refractivity contribution in [1.29, 1.82) is 0 Å². The Morgan fingerprint density at radius 3 is 2.54 bits per heavy atom. The van der Waals surface area contributed by atoms with Crippen molar-refractivity contribution in [2.45, 2.75) is 49.3 Å². The first-order valence-corrected chi connectivity index (χ1v) is 9.84. The van der Waals surface area contributed by atoms with E-state index in [1.807, 2.05) is 30.0 Å². The molecule has 1 aliphatic rings. The Hall–Kier alpha value is -1.74. The second kappa shape index (κ2) is 8.39. The molecule has 126 valence electrons. The number of thioether (sulfide) groups is 1. The van der Waals surface area contributed by atoms with Gasteiger partial charge in [-0.1, -0.05) is 37.3 Å². The van der Waals surface area contributed by atoms with Crippen LogP contribution in [0.2, 0.25) is 0 Å². The maximum atomic E-state index is 12.8. The number of piperidine rings is 1. The Balaban J connectivity index is 1.62. The van der Waals surface area contributed by atoms with Crippen LogP contribution in [-0.2, 0) is 5.75 Å². The van der Waals surface area contributed by atoms with Crippen molar-refractivity contribution < 1.29 is 4.79 Å². The number of benzene rings is 2. The van der Waals surface area contributed by atoms with Gasteiger partial charge in [0.1, 0.15) is 0 Å². The fraction of sp³-hybridized carbons (Fsp3) is 0.381. The number of carbonyl (C=O) groups excluding carboxylic acids is 1. The Labute approximate surface area is 149 Å². The molecule has 1 saturated heterocycles. The van der Waals surface area contributed by atoms with Crippen molar-refractivity contribution >= 4 is 17.7 Å². The van der Waals surface area contributed by atoms with Gasteiger partial charge in [0.2, 0.25) is 0 Å². The van der Waals surface area contributed by atoms with Crippen LogP contribution in [-0.4, -0.2) is 23.4 Å². The molecule has 1 amide bonds. The minimum Gasteiger partial charge on any atom is -0.336 e. The molecule has 1 heterocycles. The fourth-order valence-corrected chi connectivity index (χ4v) is 4.16. The summed E-state index contributed by atoms with van der Waals surface area (Å²) in [5.41, 5.74) is 2.08. The molecule has 0 bridgehead atoms. The number of hydrogen-bond acceptors (Lipinski definition) is 2. The van der Waals surface area contributed by atoms with Crippen molar-refractivity contribution in [2.75, 3.05) is 6.54 Å². The molecule has 24 heavy (non-hydrogen) atoms. The first-order valence-electron chi connectivity index (χ1n) is 8.85. The van der Waals surface area contributed by atoms with Gasteiger partial charge >= 0.3 is 0 Å². The summed E-state index contributed by atoms with van der Waals surface area (Å²) in [6.07, 6.45) is 4.58. The van der Waals surface area contributed by atoms with E-state index in [0.29, 0.717) is 6.04 Å². The predicted molar refractivity (Wildman–Crippen MR) is 101 cm³/mol. The van der Waals surface area contributed by atoms with Crippen LogP contribution in [0.4, 0.5) is 0 Å². The third kappa shape index (κ3) is 4.21. The van der Waals surface area contributed by atoms with Gasteiger partial charge < -0.3 is 4.90 Å². The minimum atomic E-state index is 0.198. The summed E-state index contributed by atoms with van der Waals surface area (Å²) in [6, 6.07) is 19.0. The summed E-state index contributed by atoms with van der Waals surface area (Å²) < 4.78 is 0. The monoisotopic (exact) mass is 339 g/mol. The molecule has 0 spiro atoms. The average molecular weight is 340 g/mol. The molecule has 1 fully saturated rings. The number of amides is 1. The van der Waals surface area contributed by atoms with Crippen molar-refractivity contribution in [3.8, 4) is 0 Å². The van der Waals surface area contributed by atoms with E-state index in [1.54, 1.807) is 0 Å². The van der Waals surface area contributed by atoms with Crippen LogP contribution in [0.15, 0.2) is 59.5 Å². The molecule has 1 unspecified atom stereocenters. The molecular formula is C21H25NOS. The molecule has 2 nitrogen and oxygen atoms in total. The zero-order valence-corrected chi connectivity index (χ0v) is 15.1. The van der Waals surface area contributed by atoms with Crippen LogP contribution in [0.25, 0.3) is 0 Å². The standard InChI is InChI=1S/C21H25NOS/c1-2-19-8-6-7-15-22(19)21(23)18-13-11-17(12-14-18)16-24-20-9-4-3-5-10-20/h3-5,9-14,19H,2,6-8,15-16H2,1H3. The van der Waals surface area contributed by atoms with Crippen molar-refractivity contribution in [3.63, 3.8) is 0 Å². The number of rotatable bonds is 5. The lowest BCUT2D eigenvalue weighted by atomic mass is 9.98. The average Bonchev–Trinajstić information content (AvgIpc) is 2.67. The van der Waals surface area contributed by atoms with E-state index in [0.717, 1.165) is 37.1 Å². The van der Waals surface area contributed by atoms with Gasteiger partial charge in [0, 0.05) is 28.8 Å². The molecule has 1 aliphatic heterocycles. The third-order valence-corrected chi connectivity index (χ3v) is 5.79. The molecule has 1 atom stereocenters. The third-order valence-electron chi connectivity index (χ3n) is 4.71. The molecule has 2 aromatic rings. The number of hydrogen-bond donors (Lipinski definition) is 0. The molecule has 0 N–H and O–H groups in total. The van der Waals surface area contributed by atoms with E-state index in [1.165, 1.54) is 16.9 Å². The summed E-state index contributed by atoms with van der Waals surface area (Å²) in [5, 5.41) is 0. The maximum Gasteiger partial charge on any atom is 0.254 e. The van der Waals surface area contributed by atoms with E-state index in [-0.39, 0.29) is 5.91 Å². The number of carbonyl (C=O) groups is 1. The second-order valence-corrected chi connectivity index (χ2v) is 7.40. The van der Waals surface area contributed by atoms with Crippen LogP contribution in [0.5, 0.6) is 0 Å². The highest BCUT2D eigenvalue weighted by atomic mass is 32.2. The van der Waals surface area contributed by atoms with Crippen LogP contribution in [0.1, 0.15) is 48.5 Å². The minimum absolute atomic E-state index is 0.198. The van der Waals surface area contributed by atoms with Crippen LogP contribution >= 0.6 is 11.8 Å². The molecule has 0 aliphatic carbocycles. The van der Waals surface area contributed by atoms with Crippen LogP contribution in [0.3, 0.4) is 0 Å². The zero-order valence-electron chi connectivity index (χ0n) is 14.3. The van der Waals surface area contributed by atoms with Gasteiger partial charge in [-0.05, 0) is 55.5 Å². The van der Waals surface area contributed by atoms with Crippen molar-refractivity contribution in [1.82, 2.24) is 4.90 Å². The van der Waals surface area contributed by atoms with Gasteiger partial charge in [-0.2, -0.15) is 0 Å². The highest BCUT2D eigenvalue weighted by Crippen LogP contribution is 2.24. The lowest BCUT2D eigenvalue weighted by molar-refractivity contribution is 0.0608. The van der Waals surface area contributed by atoms with Gasteiger partial charge in [-0.3, -0.25) is 4.79 Å². The summed E-state index contributed by atoms with van der Waals surface area (Å²) in [4.78, 5) is 16.1. The SMILES string of the molecule is CCC1CCCCN1C(=O)c1ccc(CSc2ccccc2)cc1. The predicted octanol–water partition coefficient (Wildman–Crippen LogP) is 5.38. The van der Waals surface area contributed by atoms with Gasteiger partial charge in [0.05, 0.1) is 0 Å². The second-order valence-electron chi connectivity index (χ2n) is 6.36. The van der Waals surface area contributed by atoms with Crippen molar-refractivity contribution in [3.05, 3.63) is 65.7 Å². The van der Waals surface area contributed by atoms with Gasteiger partial charge in [0.15, 0.2) is 0 Å². The topological polar surface area (TPSA) is 20.3 Å². The van der Waals surface area contributed by atoms with Gasteiger partial charge in [-0.25, -0.2) is 0 Å². The van der Waals surface area contributed by atoms with Gasteiger partial charge in [0.25, 0.3) is 5.91 Å². The fourth-order valence-electron chi connectivity index (χ4n) is 3.29. The Morgan fingerprint density at radius 2 is 1.83 bits per heavy atom. The highest BCUT2D eigenvalue weighted by molar-refractivity contribution is 7.98. The Kier molecular flexibility index (Phi) is 5.97. The number of likely N-dealkylation sites (tertiary alicyclic amines) is 1. The summed E-state index contributed by atoms with van der Waals surface area (Å²) >= 11 is 1.82. The van der Waals surface area contributed by atoms with Gasteiger partial charge in [-0.15, -0.1) is 11.8 Å². The van der Waals surface area contributed by atoms with E-state index in [2.05, 4.69) is 48.2 Å². The summed E-state index contributed by atoms with van der Waals surface area (Å²) in [6.45, 7) is 3.09. The molecule has 0 aromatic heterocycles. The molecule has 3 rings (SSSR count). The first kappa shape index (κ1) is 17.1. The smallest absolute Gasteiger partial charge is 0.254 e. The maximum absolute atomic E-state index is 12.8.